The summed E-state index contributed by atoms with van der Waals surface area (Å²) in [7, 11) is 2.08. The lowest BCUT2D eigenvalue weighted by Gasteiger charge is -2.37. The number of carbonyl (C=O) groups is 2. The number of piperazine rings is 1. The molecule has 2 amide bonds. The maximum Gasteiger partial charge on any atom is 0.253 e. The molecule has 2 saturated heterocycles. The minimum absolute atomic E-state index is 0.102. The van der Waals surface area contributed by atoms with E-state index >= 15 is 0 Å². The number of amides is 2. The Labute approximate surface area is 167 Å². The van der Waals surface area contributed by atoms with E-state index in [9.17, 15) is 9.59 Å². The van der Waals surface area contributed by atoms with Crippen LogP contribution >= 0.6 is 0 Å². The first kappa shape index (κ1) is 19.4. The molecule has 6 heteroatoms. The van der Waals surface area contributed by atoms with Gasteiger partial charge in [0.25, 0.3) is 5.91 Å². The van der Waals surface area contributed by atoms with Gasteiger partial charge in [0.2, 0.25) is 5.91 Å². The van der Waals surface area contributed by atoms with Crippen LogP contribution in [0.5, 0.6) is 0 Å². The van der Waals surface area contributed by atoms with Crippen molar-refractivity contribution in [1.82, 2.24) is 20.4 Å². The Balaban J connectivity index is 1.33. The molecule has 3 fully saturated rings. The molecule has 3 aliphatic rings. The van der Waals surface area contributed by atoms with E-state index in [4.69, 9.17) is 0 Å². The van der Waals surface area contributed by atoms with E-state index in [0.717, 1.165) is 69.7 Å². The van der Waals surface area contributed by atoms with Gasteiger partial charge in [0.05, 0.1) is 5.41 Å². The zero-order valence-corrected chi connectivity index (χ0v) is 16.9. The first-order valence-corrected chi connectivity index (χ1v) is 10.6. The Bertz CT molecular complexity index is 712. The number of rotatable bonds is 4. The third-order valence-corrected chi connectivity index (χ3v) is 6.93. The summed E-state index contributed by atoms with van der Waals surface area (Å²) in [4.78, 5) is 29.8. The minimum atomic E-state index is -0.213. The van der Waals surface area contributed by atoms with Crippen LogP contribution in [0.4, 0.5) is 0 Å². The Hall–Kier alpha value is -1.92. The molecule has 0 radical (unpaired) electrons. The summed E-state index contributed by atoms with van der Waals surface area (Å²) in [5, 5.41) is 6.60. The molecule has 0 unspecified atom stereocenters. The van der Waals surface area contributed by atoms with Crippen molar-refractivity contribution in [3.05, 3.63) is 35.4 Å². The number of benzene rings is 1. The van der Waals surface area contributed by atoms with E-state index in [1.165, 1.54) is 6.42 Å². The molecule has 0 aromatic heterocycles. The first-order chi connectivity index (χ1) is 13.6. The lowest BCUT2D eigenvalue weighted by molar-refractivity contribution is -0.134. The lowest BCUT2D eigenvalue weighted by Crippen LogP contribution is -2.47. The van der Waals surface area contributed by atoms with E-state index in [-0.39, 0.29) is 17.2 Å². The highest BCUT2D eigenvalue weighted by Gasteiger charge is 2.49. The van der Waals surface area contributed by atoms with Gasteiger partial charge >= 0.3 is 0 Å². The molecule has 2 atom stereocenters. The number of hydrogen-bond donors (Lipinski definition) is 2. The van der Waals surface area contributed by atoms with Crippen LogP contribution in [0.25, 0.3) is 0 Å². The summed E-state index contributed by atoms with van der Waals surface area (Å²) in [5.74, 6) is 0.772. The molecular weight excluding hydrogens is 352 g/mol. The minimum Gasteiger partial charge on any atom is -0.351 e. The average Bonchev–Trinajstić information content (AvgIpc) is 3.18. The highest BCUT2D eigenvalue weighted by atomic mass is 16.2. The Kier molecular flexibility index (Phi) is 5.69. The Morgan fingerprint density at radius 3 is 2.64 bits per heavy atom. The van der Waals surface area contributed by atoms with E-state index in [0.29, 0.717) is 12.5 Å². The quantitative estimate of drug-likeness (QED) is 0.825. The maximum atomic E-state index is 13.0. The summed E-state index contributed by atoms with van der Waals surface area (Å²) in [5.41, 5.74) is 1.55. The highest BCUT2D eigenvalue weighted by molar-refractivity contribution is 5.94. The molecule has 1 aliphatic carbocycles. The van der Waals surface area contributed by atoms with Crippen molar-refractivity contribution in [2.75, 3.05) is 46.3 Å². The number of hydrogen-bond acceptors (Lipinski definition) is 4. The van der Waals surface area contributed by atoms with Gasteiger partial charge in [-0.25, -0.2) is 0 Å². The van der Waals surface area contributed by atoms with Gasteiger partial charge in [-0.3, -0.25) is 9.59 Å². The molecule has 2 aliphatic heterocycles. The van der Waals surface area contributed by atoms with E-state index in [1.807, 2.05) is 29.2 Å². The van der Waals surface area contributed by atoms with Crippen molar-refractivity contribution in [2.45, 2.75) is 32.2 Å². The fourth-order valence-electron chi connectivity index (χ4n) is 5.01. The summed E-state index contributed by atoms with van der Waals surface area (Å²) in [6.45, 7) is 5.71. The third-order valence-electron chi connectivity index (χ3n) is 6.93. The summed E-state index contributed by atoms with van der Waals surface area (Å²) in [6, 6.07) is 7.71. The predicted molar refractivity (Wildman–Crippen MR) is 109 cm³/mol. The van der Waals surface area contributed by atoms with Crippen LogP contribution in [-0.4, -0.2) is 67.9 Å². The SMILES string of the molecule is CN1CCN(C(=O)c2ccc(CNC(=O)[C@@]34CCCC[C@H]3CNC4)cc2)CC1. The third kappa shape index (κ3) is 3.80. The van der Waals surface area contributed by atoms with Gasteiger partial charge in [0.1, 0.15) is 0 Å². The monoisotopic (exact) mass is 384 g/mol. The molecule has 2 N–H and O–H groups in total. The molecular formula is C22H32N4O2. The number of likely N-dealkylation sites (N-methyl/N-ethyl adjacent to an activating group) is 1. The van der Waals surface area contributed by atoms with Gasteiger partial charge < -0.3 is 20.4 Å². The Morgan fingerprint density at radius 2 is 1.89 bits per heavy atom. The van der Waals surface area contributed by atoms with E-state index in [1.54, 1.807) is 0 Å². The lowest BCUT2D eigenvalue weighted by atomic mass is 9.67. The second-order valence-electron chi connectivity index (χ2n) is 8.70. The molecule has 6 nitrogen and oxygen atoms in total. The zero-order chi connectivity index (χ0) is 19.6. The van der Waals surface area contributed by atoms with Crippen LogP contribution in [0, 0.1) is 11.3 Å². The van der Waals surface area contributed by atoms with E-state index in [2.05, 4.69) is 22.6 Å². The van der Waals surface area contributed by atoms with Crippen molar-refractivity contribution < 1.29 is 9.59 Å². The largest absolute Gasteiger partial charge is 0.351 e. The number of nitrogens with zero attached hydrogens (tertiary/aromatic N) is 2. The summed E-state index contributed by atoms with van der Waals surface area (Å²) in [6.07, 6.45) is 4.54. The second-order valence-corrected chi connectivity index (χ2v) is 8.70. The second kappa shape index (κ2) is 8.21. The Morgan fingerprint density at radius 1 is 1.14 bits per heavy atom. The first-order valence-electron chi connectivity index (χ1n) is 10.6. The molecule has 1 aromatic carbocycles. The van der Waals surface area contributed by atoms with Gasteiger partial charge in [-0.1, -0.05) is 25.0 Å². The molecule has 152 valence electrons. The summed E-state index contributed by atoms with van der Waals surface area (Å²) >= 11 is 0. The zero-order valence-electron chi connectivity index (χ0n) is 16.9. The van der Waals surface area contributed by atoms with Crippen LogP contribution in [0.2, 0.25) is 0 Å². The van der Waals surface area contributed by atoms with Gasteiger partial charge in [-0.05, 0) is 50.0 Å². The van der Waals surface area contributed by atoms with Crippen LogP contribution < -0.4 is 10.6 Å². The molecule has 1 aromatic rings. The van der Waals surface area contributed by atoms with Crippen LogP contribution in [0.1, 0.15) is 41.6 Å². The molecule has 2 heterocycles. The van der Waals surface area contributed by atoms with Crippen LogP contribution in [0.3, 0.4) is 0 Å². The number of nitrogens with one attached hydrogen (secondary N) is 2. The predicted octanol–water partition coefficient (Wildman–Crippen LogP) is 1.47. The molecule has 1 saturated carbocycles. The van der Waals surface area contributed by atoms with Crippen molar-refractivity contribution in [3.63, 3.8) is 0 Å². The highest BCUT2D eigenvalue weighted by Crippen LogP contribution is 2.43. The van der Waals surface area contributed by atoms with Crippen molar-refractivity contribution in [1.29, 1.82) is 0 Å². The van der Waals surface area contributed by atoms with Crippen LogP contribution in [0.15, 0.2) is 24.3 Å². The molecule has 0 bridgehead atoms. The molecule has 0 spiro atoms. The van der Waals surface area contributed by atoms with Crippen molar-refractivity contribution in [3.8, 4) is 0 Å². The molecule has 4 rings (SSSR count). The van der Waals surface area contributed by atoms with Gasteiger partial charge in [-0.15, -0.1) is 0 Å². The average molecular weight is 385 g/mol. The summed E-state index contributed by atoms with van der Waals surface area (Å²) < 4.78 is 0. The fourth-order valence-corrected chi connectivity index (χ4v) is 5.01. The van der Waals surface area contributed by atoms with Crippen LogP contribution in [-0.2, 0) is 11.3 Å². The molecule has 28 heavy (non-hydrogen) atoms. The van der Waals surface area contributed by atoms with Gasteiger partial charge in [0.15, 0.2) is 0 Å². The van der Waals surface area contributed by atoms with E-state index < -0.39 is 0 Å². The number of fused-ring (bicyclic) bond motifs is 1. The van der Waals surface area contributed by atoms with Crippen molar-refractivity contribution in [2.24, 2.45) is 11.3 Å². The van der Waals surface area contributed by atoms with Gasteiger partial charge in [0, 0.05) is 44.8 Å². The van der Waals surface area contributed by atoms with Crippen molar-refractivity contribution >= 4 is 11.8 Å². The topological polar surface area (TPSA) is 64.7 Å². The normalized spacial score (nSPS) is 28.0. The van der Waals surface area contributed by atoms with Gasteiger partial charge in [-0.2, -0.15) is 0 Å². The number of carbonyl (C=O) groups excluding carboxylic acids is 2. The smallest absolute Gasteiger partial charge is 0.253 e. The standard InChI is InChI=1S/C22H32N4O2/c1-25-10-12-26(13-11-25)20(27)18-7-5-17(6-8-18)14-24-21(28)22-9-3-2-4-19(22)15-23-16-22/h5-8,19,23H,2-4,9-16H2,1H3,(H,24,28)/t19-,22+/m0/s1. The maximum absolute atomic E-state index is 13.0. The fraction of sp³-hybridized carbons (Fsp3) is 0.636.